The zero-order valence-electron chi connectivity index (χ0n) is 10.1. The second-order valence-electron chi connectivity index (χ2n) is 4.11. The van der Waals surface area contributed by atoms with Crippen LogP contribution in [-0.4, -0.2) is 15.0 Å². The highest BCUT2D eigenvalue weighted by molar-refractivity contribution is 5.70. The van der Waals surface area contributed by atoms with Crippen LogP contribution in [0.2, 0.25) is 0 Å². The molecule has 3 aromatic heterocycles. The topological polar surface area (TPSA) is 58.6 Å². The third-order valence-corrected chi connectivity index (χ3v) is 2.87. The Kier molecular flexibility index (Phi) is 2.90. The lowest BCUT2D eigenvalue weighted by molar-refractivity contribution is 1.23. The van der Waals surface area contributed by atoms with Crippen molar-refractivity contribution in [1.82, 2.24) is 15.0 Å². The van der Waals surface area contributed by atoms with Crippen molar-refractivity contribution in [1.29, 1.82) is 0 Å². The molecule has 0 aliphatic rings. The normalized spacial score (nSPS) is 10.3. The molecule has 0 saturated carbocycles. The van der Waals surface area contributed by atoms with Crippen LogP contribution in [0.4, 0.5) is 0 Å². The number of pyridine rings is 3. The Balaban J connectivity index is 2.15. The maximum Gasteiger partial charge on any atom is 0.255 e. The van der Waals surface area contributed by atoms with Gasteiger partial charge in [0.05, 0.1) is 0 Å². The molecule has 3 aromatic rings. The Morgan fingerprint density at radius 1 is 0.895 bits per heavy atom. The fourth-order valence-corrected chi connectivity index (χ4v) is 1.92. The second kappa shape index (κ2) is 4.86. The van der Waals surface area contributed by atoms with E-state index >= 15 is 0 Å². The molecule has 0 spiro atoms. The van der Waals surface area contributed by atoms with Crippen molar-refractivity contribution in [3.63, 3.8) is 0 Å². The van der Waals surface area contributed by atoms with Crippen LogP contribution in [0, 0.1) is 0 Å². The summed E-state index contributed by atoms with van der Waals surface area (Å²) in [7, 11) is 0. The summed E-state index contributed by atoms with van der Waals surface area (Å²) in [5.41, 5.74) is 3.17. The van der Waals surface area contributed by atoms with E-state index in [2.05, 4.69) is 15.0 Å². The Bertz CT molecular complexity index is 736. The van der Waals surface area contributed by atoms with Gasteiger partial charge >= 0.3 is 0 Å². The zero-order chi connectivity index (χ0) is 13.1. The van der Waals surface area contributed by atoms with Crippen LogP contribution >= 0.6 is 0 Å². The summed E-state index contributed by atoms with van der Waals surface area (Å²) in [6, 6.07) is 9.35. The van der Waals surface area contributed by atoms with Crippen LogP contribution in [-0.2, 0) is 0 Å². The van der Waals surface area contributed by atoms with Crippen LogP contribution in [0.3, 0.4) is 0 Å². The van der Waals surface area contributed by atoms with E-state index in [1.54, 1.807) is 31.0 Å². The highest BCUT2D eigenvalue weighted by Gasteiger charge is 2.06. The summed E-state index contributed by atoms with van der Waals surface area (Å²) >= 11 is 0. The van der Waals surface area contributed by atoms with Gasteiger partial charge < -0.3 is 4.98 Å². The molecule has 92 valence electrons. The first kappa shape index (κ1) is 11.3. The molecule has 0 aromatic carbocycles. The average molecular weight is 249 g/mol. The van der Waals surface area contributed by atoms with Crippen LogP contribution < -0.4 is 5.56 Å². The highest BCUT2D eigenvalue weighted by Crippen LogP contribution is 2.21. The molecule has 19 heavy (non-hydrogen) atoms. The molecule has 0 radical (unpaired) electrons. The van der Waals surface area contributed by atoms with Crippen molar-refractivity contribution in [2.45, 2.75) is 0 Å². The Labute approximate surface area is 109 Å². The summed E-state index contributed by atoms with van der Waals surface area (Å²) in [4.78, 5) is 22.8. The van der Waals surface area contributed by atoms with Crippen LogP contribution in [0.1, 0.15) is 0 Å². The van der Waals surface area contributed by atoms with Gasteiger partial charge in [-0.2, -0.15) is 0 Å². The van der Waals surface area contributed by atoms with Crippen molar-refractivity contribution in [3.05, 3.63) is 71.7 Å². The Hall–Kier alpha value is -2.75. The summed E-state index contributed by atoms with van der Waals surface area (Å²) in [6.07, 6.45) is 8.54. The highest BCUT2D eigenvalue weighted by atomic mass is 16.1. The van der Waals surface area contributed by atoms with E-state index in [-0.39, 0.29) is 5.56 Å². The third kappa shape index (κ3) is 2.28. The fourth-order valence-electron chi connectivity index (χ4n) is 1.92. The first-order valence-corrected chi connectivity index (χ1v) is 5.88. The number of nitrogens with zero attached hydrogens (tertiary/aromatic N) is 2. The molecule has 0 amide bonds. The van der Waals surface area contributed by atoms with Gasteiger partial charge in [-0.3, -0.25) is 14.8 Å². The van der Waals surface area contributed by atoms with Crippen LogP contribution in [0.25, 0.3) is 22.3 Å². The molecule has 3 rings (SSSR count). The molecule has 0 bridgehead atoms. The molecule has 4 heteroatoms. The van der Waals surface area contributed by atoms with Gasteiger partial charge in [0, 0.05) is 53.2 Å². The van der Waals surface area contributed by atoms with Gasteiger partial charge in [0.25, 0.3) is 5.56 Å². The van der Waals surface area contributed by atoms with Gasteiger partial charge in [0.15, 0.2) is 0 Å². The molecule has 1 N–H and O–H groups in total. The van der Waals surface area contributed by atoms with Gasteiger partial charge in [-0.15, -0.1) is 0 Å². The summed E-state index contributed by atoms with van der Waals surface area (Å²) in [5, 5.41) is 0. The molecule has 0 unspecified atom stereocenters. The molecule has 0 fully saturated rings. The fraction of sp³-hybridized carbons (Fsp3) is 0. The van der Waals surface area contributed by atoms with Crippen molar-refractivity contribution in [3.8, 4) is 22.3 Å². The molecule has 0 aliphatic carbocycles. The molecule has 3 heterocycles. The van der Waals surface area contributed by atoms with E-state index in [1.165, 1.54) is 0 Å². The first-order chi connectivity index (χ1) is 9.34. The summed E-state index contributed by atoms with van der Waals surface area (Å²) in [5.74, 6) is 0. The molecular formula is C15H11N3O. The summed E-state index contributed by atoms with van der Waals surface area (Å²) < 4.78 is 0. The third-order valence-electron chi connectivity index (χ3n) is 2.87. The maximum atomic E-state index is 11.9. The average Bonchev–Trinajstić information content (AvgIpc) is 2.49. The van der Waals surface area contributed by atoms with Gasteiger partial charge in [0.2, 0.25) is 0 Å². The van der Waals surface area contributed by atoms with E-state index in [1.807, 2.05) is 30.3 Å². The van der Waals surface area contributed by atoms with Gasteiger partial charge in [0.1, 0.15) is 0 Å². The van der Waals surface area contributed by atoms with E-state index < -0.39 is 0 Å². The van der Waals surface area contributed by atoms with Gasteiger partial charge in [-0.25, -0.2) is 0 Å². The van der Waals surface area contributed by atoms with Crippen molar-refractivity contribution in [2.24, 2.45) is 0 Å². The smallest absolute Gasteiger partial charge is 0.255 e. The standard InChI is InChI=1S/C15H11N3O/c19-15-14(12-4-2-6-17-9-12)7-13(10-18-15)11-3-1-5-16-8-11/h1-10H,(H,18,19). The predicted octanol–water partition coefficient (Wildman–Crippen LogP) is 2.50. The lowest BCUT2D eigenvalue weighted by Crippen LogP contribution is -2.08. The zero-order valence-corrected chi connectivity index (χ0v) is 10.1. The number of hydrogen-bond donors (Lipinski definition) is 1. The number of aromatic nitrogens is 3. The quantitative estimate of drug-likeness (QED) is 0.759. The minimum Gasteiger partial charge on any atom is -0.328 e. The van der Waals surface area contributed by atoms with E-state index in [0.29, 0.717) is 5.56 Å². The predicted molar refractivity (Wildman–Crippen MR) is 73.5 cm³/mol. The van der Waals surface area contributed by atoms with Crippen LogP contribution in [0.15, 0.2) is 66.1 Å². The molecular weight excluding hydrogens is 238 g/mol. The van der Waals surface area contributed by atoms with Crippen molar-refractivity contribution < 1.29 is 0 Å². The number of rotatable bonds is 2. The second-order valence-corrected chi connectivity index (χ2v) is 4.11. The monoisotopic (exact) mass is 249 g/mol. The van der Waals surface area contributed by atoms with E-state index in [9.17, 15) is 4.79 Å². The van der Waals surface area contributed by atoms with Crippen molar-refractivity contribution in [2.75, 3.05) is 0 Å². The lowest BCUT2D eigenvalue weighted by atomic mass is 10.0. The Morgan fingerprint density at radius 3 is 2.21 bits per heavy atom. The van der Waals surface area contributed by atoms with Gasteiger partial charge in [-0.1, -0.05) is 12.1 Å². The number of H-pyrrole nitrogens is 1. The maximum absolute atomic E-state index is 11.9. The molecule has 0 atom stereocenters. The minimum absolute atomic E-state index is 0.124. The SMILES string of the molecule is O=c1[nH]cc(-c2cccnc2)cc1-c1cccnc1. The number of aromatic amines is 1. The molecule has 0 saturated heterocycles. The molecule has 4 nitrogen and oxygen atoms in total. The minimum atomic E-state index is -0.124. The largest absolute Gasteiger partial charge is 0.328 e. The number of hydrogen-bond acceptors (Lipinski definition) is 3. The first-order valence-electron chi connectivity index (χ1n) is 5.88. The number of nitrogens with one attached hydrogen (secondary N) is 1. The van der Waals surface area contributed by atoms with Gasteiger partial charge in [-0.05, 0) is 18.2 Å². The lowest BCUT2D eigenvalue weighted by Gasteiger charge is -2.04. The van der Waals surface area contributed by atoms with Crippen LogP contribution in [0.5, 0.6) is 0 Å². The van der Waals surface area contributed by atoms with E-state index in [0.717, 1.165) is 16.7 Å². The van der Waals surface area contributed by atoms with E-state index in [4.69, 9.17) is 0 Å². The van der Waals surface area contributed by atoms with Crippen molar-refractivity contribution >= 4 is 0 Å². The summed E-state index contributed by atoms with van der Waals surface area (Å²) in [6.45, 7) is 0. The Morgan fingerprint density at radius 2 is 1.58 bits per heavy atom. The molecule has 0 aliphatic heterocycles.